The number of hydrogen-bond acceptors (Lipinski definition) is 2. The van der Waals surface area contributed by atoms with Crippen LogP contribution in [0.3, 0.4) is 0 Å². The highest BCUT2D eigenvalue weighted by molar-refractivity contribution is 5.90. The highest BCUT2D eigenvalue weighted by atomic mass is 16.4. The Morgan fingerprint density at radius 1 is 1.10 bits per heavy atom. The Labute approximate surface area is 115 Å². The van der Waals surface area contributed by atoms with E-state index >= 15 is 0 Å². The van der Waals surface area contributed by atoms with Gasteiger partial charge < -0.3 is 10.1 Å². The van der Waals surface area contributed by atoms with Gasteiger partial charge in [0.25, 0.3) is 0 Å². The summed E-state index contributed by atoms with van der Waals surface area (Å²) in [6, 6.07) is 10.7. The summed E-state index contributed by atoms with van der Waals surface area (Å²) in [5.41, 5.74) is 3.96. The van der Waals surface area contributed by atoms with Crippen LogP contribution in [-0.4, -0.2) is 22.3 Å². The lowest BCUT2D eigenvalue weighted by molar-refractivity contribution is 0.0697. The number of aromatic amines is 1. The molecule has 20 heavy (non-hydrogen) atoms. The second-order valence-corrected chi connectivity index (χ2v) is 4.36. The molecule has 0 saturated heterocycles. The average molecular weight is 264 g/mol. The highest BCUT2D eigenvalue weighted by Gasteiger charge is 2.13. The van der Waals surface area contributed by atoms with Gasteiger partial charge in [-0.15, -0.1) is 0 Å². The van der Waals surface area contributed by atoms with Gasteiger partial charge >= 0.3 is 5.97 Å². The largest absolute Gasteiger partial charge is 0.478 e. The van der Waals surface area contributed by atoms with Crippen molar-refractivity contribution in [3.05, 3.63) is 77.3 Å². The molecular weight excluding hydrogens is 252 g/mol. The molecule has 0 unspecified atom stereocenters. The zero-order valence-electron chi connectivity index (χ0n) is 10.6. The third-order valence-electron chi connectivity index (χ3n) is 3.10. The third-order valence-corrected chi connectivity index (χ3v) is 3.10. The van der Waals surface area contributed by atoms with E-state index in [2.05, 4.69) is 9.98 Å². The predicted octanol–water partition coefficient (Wildman–Crippen LogP) is 3.11. The Balaban J connectivity index is 2.12. The molecule has 4 heteroatoms. The molecule has 0 atom stereocenters. The van der Waals surface area contributed by atoms with E-state index in [4.69, 9.17) is 5.11 Å². The third kappa shape index (κ3) is 2.19. The summed E-state index contributed by atoms with van der Waals surface area (Å²) in [5.74, 6) is -0.926. The van der Waals surface area contributed by atoms with Crippen LogP contribution in [0.2, 0.25) is 0 Å². The quantitative estimate of drug-likeness (QED) is 0.894. The van der Waals surface area contributed by atoms with Crippen LogP contribution >= 0.6 is 0 Å². The Morgan fingerprint density at radius 3 is 2.40 bits per heavy atom. The number of carboxylic acids is 1. The molecule has 0 amide bonds. The molecule has 98 valence electrons. The summed E-state index contributed by atoms with van der Waals surface area (Å²) >= 11 is 0. The van der Waals surface area contributed by atoms with Crippen LogP contribution in [0.5, 0.6) is 0 Å². The van der Waals surface area contributed by atoms with Crippen molar-refractivity contribution < 1.29 is 9.90 Å². The number of hydrogen-bond donors (Lipinski definition) is 2. The molecule has 0 radical (unpaired) electrons. The normalized spacial score (nSPS) is 15.6. The van der Waals surface area contributed by atoms with Crippen molar-refractivity contribution in [2.75, 3.05) is 0 Å². The number of nitrogens with one attached hydrogen (secondary N) is 1. The molecule has 0 saturated carbocycles. The smallest absolute Gasteiger partial charge is 0.335 e. The van der Waals surface area contributed by atoms with Crippen molar-refractivity contribution in [2.45, 2.75) is 0 Å². The van der Waals surface area contributed by atoms with E-state index < -0.39 is 5.97 Å². The lowest BCUT2D eigenvalue weighted by atomic mass is 9.99. The highest BCUT2D eigenvalue weighted by Crippen LogP contribution is 2.28. The van der Waals surface area contributed by atoms with Crippen LogP contribution in [-0.2, 0) is 0 Å². The van der Waals surface area contributed by atoms with Gasteiger partial charge in [-0.25, -0.2) is 4.79 Å². The lowest BCUT2D eigenvalue weighted by Gasteiger charge is -2.08. The van der Waals surface area contributed by atoms with Crippen molar-refractivity contribution in [1.29, 1.82) is 0 Å². The van der Waals surface area contributed by atoms with E-state index in [0.717, 1.165) is 22.5 Å². The van der Waals surface area contributed by atoms with E-state index in [1.807, 2.05) is 30.5 Å². The van der Waals surface area contributed by atoms with Gasteiger partial charge in [-0.1, -0.05) is 12.1 Å². The monoisotopic (exact) mass is 264 g/mol. The second-order valence-electron chi connectivity index (χ2n) is 4.36. The van der Waals surface area contributed by atoms with E-state index in [-0.39, 0.29) is 5.56 Å². The fourth-order valence-corrected chi connectivity index (χ4v) is 2.16. The first kappa shape index (κ1) is 12.2. The second kappa shape index (κ2) is 5.01. The fourth-order valence-electron chi connectivity index (χ4n) is 2.16. The van der Waals surface area contributed by atoms with Crippen LogP contribution in [0, 0.1) is 0 Å². The SMILES string of the molecule is O=C(O)c1ccc(/C(=C2\C=CC=N2)c2ccc[nH]2)cc1. The zero-order chi connectivity index (χ0) is 13.9. The molecule has 0 aliphatic carbocycles. The van der Waals surface area contributed by atoms with E-state index in [1.165, 1.54) is 0 Å². The maximum Gasteiger partial charge on any atom is 0.335 e. The van der Waals surface area contributed by atoms with Crippen LogP contribution in [0.25, 0.3) is 5.57 Å². The van der Waals surface area contributed by atoms with Gasteiger partial charge in [0.15, 0.2) is 0 Å². The average Bonchev–Trinajstić information content (AvgIpc) is 3.13. The first-order valence-electron chi connectivity index (χ1n) is 6.18. The molecule has 1 aromatic carbocycles. The van der Waals surface area contributed by atoms with Gasteiger partial charge in [0.1, 0.15) is 0 Å². The maximum atomic E-state index is 10.9. The van der Waals surface area contributed by atoms with Crippen LogP contribution < -0.4 is 0 Å². The standard InChI is InChI=1S/C16H12N2O2/c19-16(20)12-7-5-11(6-8-12)15(13-3-1-9-17-13)14-4-2-10-18-14/h1-10,17H,(H,19,20)/b15-14-. The summed E-state index contributed by atoms with van der Waals surface area (Å²) in [6.45, 7) is 0. The molecule has 2 N–H and O–H groups in total. The van der Waals surface area contributed by atoms with Gasteiger partial charge in [-0.2, -0.15) is 0 Å². The number of carbonyl (C=O) groups is 1. The fraction of sp³-hybridized carbons (Fsp3) is 0. The van der Waals surface area contributed by atoms with Crippen molar-refractivity contribution in [2.24, 2.45) is 4.99 Å². The van der Waals surface area contributed by atoms with Gasteiger partial charge in [0.2, 0.25) is 0 Å². The molecule has 2 aromatic rings. The van der Waals surface area contributed by atoms with Crippen LogP contribution in [0.1, 0.15) is 21.6 Å². The molecule has 1 aliphatic rings. The van der Waals surface area contributed by atoms with Gasteiger partial charge in [0, 0.05) is 23.7 Å². The lowest BCUT2D eigenvalue weighted by Crippen LogP contribution is -1.97. The van der Waals surface area contributed by atoms with Gasteiger partial charge in [-0.05, 0) is 42.0 Å². The molecule has 0 spiro atoms. The molecule has 1 aromatic heterocycles. The number of nitrogens with zero attached hydrogens (tertiary/aromatic N) is 1. The molecule has 0 fully saturated rings. The van der Waals surface area contributed by atoms with Crippen molar-refractivity contribution in [1.82, 2.24) is 4.98 Å². The predicted molar refractivity (Wildman–Crippen MR) is 77.8 cm³/mol. The Hall–Kier alpha value is -2.88. The number of benzene rings is 1. The number of rotatable bonds is 3. The summed E-state index contributed by atoms with van der Waals surface area (Å²) < 4.78 is 0. The minimum atomic E-state index is -0.926. The Kier molecular flexibility index (Phi) is 3.05. The minimum absolute atomic E-state index is 0.273. The van der Waals surface area contributed by atoms with Crippen LogP contribution in [0.15, 0.2) is 65.4 Å². The van der Waals surface area contributed by atoms with Gasteiger partial charge in [-0.3, -0.25) is 4.99 Å². The van der Waals surface area contributed by atoms with Crippen LogP contribution in [0.4, 0.5) is 0 Å². The number of aliphatic imine (C=N–C) groups is 1. The first-order valence-corrected chi connectivity index (χ1v) is 6.18. The summed E-state index contributed by atoms with van der Waals surface area (Å²) in [4.78, 5) is 18.4. The number of H-pyrrole nitrogens is 1. The number of aromatic nitrogens is 1. The Bertz CT molecular complexity index is 706. The summed E-state index contributed by atoms with van der Waals surface area (Å²) in [6.07, 6.45) is 7.40. The molecular formula is C16H12N2O2. The number of allylic oxidation sites excluding steroid dienone is 2. The first-order chi connectivity index (χ1) is 9.75. The Morgan fingerprint density at radius 2 is 1.85 bits per heavy atom. The molecule has 1 aliphatic heterocycles. The molecule has 4 nitrogen and oxygen atoms in total. The minimum Gasteiger partial charge on any atom is -0.478 e. The number of carboxylic acid groups (broad SMARTS) is 1. The molecule has 3 rings (SSSR count). The molecule has 2 heterocycles. The topological polar surface area (TPSA) is 65.4 Å². The van der Waals surface area contributed by atoms with Crippen molar-refractivity contribution >= 4 is 17.8 Å². The summed E-state index contributed by atoms with van der Waals surface area (Å²) in [7, 11) is 0. The van der Waals surface area contributed by atoms with Crippen molar-refractivity contribution in [3.63, 3.8) is 0 Å². The zero-order valence-corrected chi connectivity index (χ0v) is 10.6. The van der Waals surface area contributed by atoms with Gasteiger partial charge in [0.05, 0.1) is 11.3 Å². The molecule has 0 bridgehead atoms. The van der Waals surface area contributed by atoms with E-state index in [1.54, 1.807) is 30.5 Å². The van der Waals surface area contributed by atoms with Crippen molar-refractivity contribution in [3.8, 4) is 0 Å². The van der Waals surface area contributed by atoms with E-state index in [0.29, 0.717) is 0 Å². The summed E-state index contributed by atoms with van der Waals surface area (Å²) in [5, 5.41) is 8.96. The maximum absolute atomic E-state index is 10.9. The van der Waals surface area contributed by atoms with E-state index in [9.17, 15) is 4.79 Å². The number of aromatic carboxylic acids is 1.